The van der Waals surface area contributed by atoms with Crippen LogP contribution >= 0.6 is 11.8 Å². The van der Waals surface area contributed by atoms with Crippen molar-refractivity contribution in [2.75, 3.05) is 31.2 Å². The zero-order valence-corrected chi connectivity index (χ0v) is 12.2. The van der Waals surface area contributed by atoms with Crippen molar-refractivity contribution in [3.05, 3.63) is 24.3 Å². The number of carboxylic acid groups (broad SMARTS) is 1. The Morgan fingerprint density at radius 2 is 2.20 bits per heavy atom. The summed E-state index contributed by atoms with van der Waals surface area (Å²) in [6.45, 7) is 1.36. The van der Waals surface area contributed by atoms with Crippen molar-refractivity contribution >= 4 is 29.3 Å². The molecular weight excluding hydrogens is 276 g/mol. The molecule has 0 spiro atoms. The standard InChI is InChI=1S/C14H18N2O3S/c1-20-12-5-3-2-4-11(12)15-13(17)9-16-7-6-10(8-16)14(18)19/h2-5,10H,6-9H2,1H3,(H,15,17)(H,18,19). The Kier molecular flexibility index (Phi) is 5.03. The number of rotatable bonds is 5. The highest BCUT2D eigenvalue weighted by molar-refractivity contribution is 7.98. The summed E-state index contributed by atoms with van der Waals surface area (Å²) >= 11 is 1.58. The maximum atomic E-state index is 12.0. The maximum absolute atomic E-state index is 12.0. The average molecular weight is 294 g/mol. The van der Waals surface area contributed by atoms with Crippen molar-refractivity contribution in [2.45, 2.75) is 11.3 Å². The fourth-order valence-corrected chi connectivity index (χ4v) is 2.87. The Labute approximate surface area is 122 Å². The highest BCUT2D eigenvalue weighted by Crippen LogP contribution is 2.24. The molecule has 1 aliphatic rings. The molecule has 20 heavy (non-hydrogen) atoms. The SMILES string of the molecule is CSc1ccccc1NC(=O)CN1CCC(C(=O)O)C1. The van der Waals surface area contributed by atoms with Gasteiger partial charge in [0, 0.05) is 11.4 Å². The van der Waals surface area contributed by atoms with E-state index >= 15 is 0 Å². The molecule has 0 aliphatic carbocycles. The van der Waals surface area contributed by atoms with Crippen LogP contribution in [-0.4, -0.2) is 47.8 Å². The summed E-state index contributed by atoms with van der Waals surface area (Å²) in [7, 11) is 0. The Hall–Kier alpha value is -1.53. The summed E-state index contributed by atoms with van der Waals surface area (Å²) in [4.78, 5) is 25.8. The summed E-state index contributed by atoms with van der Waals surface area (Å²) in [5, 5.41) is 11.8. The third-order valence-corrected chi connectivity index (χ3v) is 4.17. The van der Waals surface area contributed by atoms with Gasteiger partial charge in [-0.3, -0.25) is 14.5 Å². The summed E-state index contributed by atoms with van der Waals surface area (Å²) < 4.78 is 0. The van der Waals surface area contributed by atoms with Crippen molar-refractivity contribution in [3.63, 3.8) is 0 Å². The van der Waals surface area contributed by atoms with Crippen molar-refractivity contribution < 1.29 is 14.7 Å². The van der Waals surface area contributed by atoms with Crippen LogP contribution in [0.4, 0.5) is 5.69 Å². The van der Waals surface area contributed by atoms with Crippen LogP contribution in [-0.2, 0) is 9.59 Å². The van der Waals surface area contributed by atoms with Gasteiger partial charge < -0.3 is 10.4 Å². The molecule has 108 valence electrons. The van der Waals surface area contributed by atoms with Gasteiger partial charge >= 0.3 is 5.97 Å². The second-order valence-electron chi connectivity index (χ2n) is 4.81. The summed E-state index contributed by atoms with van der Waals surface area (Å²) in [5.41, 5.74) is 0.805. The molecule has 1 saturated heterocycles. The fourth-order valence-electron chi connectivity index (χ4n) is 2.32. The van der Waals surface area contributed by atoms with Crippen LogP contribution in [0.5, 0.6) is 0 Å². The lowest BCUT2D eigenvalue weighted by atomic mass is 10.1. The van der Waals surface area contributed by atoms with Gasteiger partial charge in [0.05, 0.1) is 18.2 Å². The van der Waals surface area contributed by atoms with Crippen molar-refractivity contribution in [3.8, 4) is 0 Å². The number of aliphatic carboxylic acids is 1. The molecule has 5 nitrogen and oxygen atoms in total. The zero-order chi connectivity index (χ0) is 14.5. The first-order valence-corrected chi connectivity index (χ1v) is 7.70. The monoisotopic (exact) mass is 294 g/mol. The fraction of sp³-hybridized carbons (Fsp3) is 0.429. The van der Waals surface area contributed by atoms with E-state index in [1.165, 1.54) is 0 Å². The van der Waals surface area contributed by atoms with Crippen LogP contribution < -0.4 is 5.32 Å². The van der Waals surface area contributed by atoms with E-state index in [9.17, 15) is 9.59 Å². The van der Waals surface area contributed by atoms with Gasteiger partial charge in [0.25, 0.3) is 0 Å². The molecule has 0 saturated carbocycles. The molecule has 1 amide bonds. The molecule has 1 atom stereocenters. The normalized spacial score (nSPS) is 18.9. The Bertz CT molecular complexity index is 507. The minimum atomic E-state index is -0.777. The number of likely N-dealkylation sites (tertiary alicyclic amines) is 1. The maximum Gasteiger partial charge on any atom is 0.307 e. The number of nitrogens with one attached hydrogen (secondary N) is 1. The third-order valence-electron chi connectivity index (χ3n) is 3.37. The zero-order valence-electron chi connectivity index (χ0n) is 11.3. The van der Waals surface area contributed by atoms with Gasteiger partial charge in [-0.15, -0.1) is 11.8 Å². The van der Waals surface area contributed by atoms with Crippen LogP contribution in [0.25, 0.3) is 0 Å². The molecule has 0 bridgehead atoms. The Morgan fingerprint density at radius 1 is 1.45 bits per heavy atom. The number of carboxylic acids is 1. The number of amides is 1. The Balaban J connectivity index is 1.89. The van der Waals surface area contributed by atoms with Crippen LogP contribution in [0.3, 0.4) is 0 Å². The van der Waals surface area contributed by atoms with Crippen LogP contribution in [0.2, 0.25) is 0 Å². The predicted molar refractivity (Wildman–Crippen MR) is 79.0 cm³/mol. The molecule has 0 aromatic heterocycles. The molecule has 1 aliphatic heterocycles. The first kappa shape index (κ1) is 14.9. The second-order valence-corrected chi connectivity index (χ2v) is 5.66. The van der Waals surface area contributed by atoms with Gasteiger partial charge in [-0.2, -0.15) is 0 Å². The third kappa shape index (κ3) is 3.74. The number of carbonyl (C=O) groups is 2. The van der Waals surface area contributed by atoms with E-state index in [4.69, 9.17) is 5.11 Å². The number of para-hydroxylation sites is 1. The summed E-state index contributed by atoms with van der Waals surface area (Å²) in [6.07, 6.45) is 2.58. The summed E-state index contributed by atoms with van der Waals surface area (Å²) in [6, 6.07) is 7.63. The number of hydrogen-bond acceptors (Lipinski definition) is 4. The number of hydrogen-bond donors (Lipinski definition) is 2. The number of anilines is 1. The van der Waals surface area contributed by atoms with Gasteiger partial charge in [-0.1, -0.05) is 12.1 Å². The molecule has 2 rings (SSSR count). The summed E-state index contributed by atoms with van der Waals surface area (Å²) in [5.74, 6) is -1.22. The minimum Gasteiger partial charge on any atom is -0.481 e. The van der Waals surface area contributed by atoms with Crippen molar-refractivity contribution in [2.24, 2.45) is 5.92 Å². The second kappa shape index (κ2) is 6.76. The van der Waals surface area contributed by atoms with E-state index in [1.807, 2.05) is 35.4 Å². The first-order chi connectivity index (χ1) is 9.60. The predicted octanol–water partition coefficient (Wildman–Crippen LogP) is 1.75. The molecule has 1 heterocycles. The molecule has 1 aromatic rings. The smallest absolute Gasteiger partial charge is 0.307 e. The lowest BCUT2D eigenvalue weighted by Crippen LogP contribution is -2.32. The quantitative estimate of drug-likeness (QED) is 0.810. The Morgan fingerprint density at radius 3 is 2.85 bits per heavy atom. The molecular formula is C14H18N2O3S. The highest BCUT2D eigenvalue weighted by Gasteiger charge is 2.28. The van der Waals surface area contributed by atoms with E-state index < -0.39 is 5.97 Å². The molecule has 6 heteroatoms. The van der Waals surface area contributed by atoms with Crippen LogP contribution in [0, 0.1) is 5.92 Å². The van der Waals surface area contributed by atoms with Gasteiger partial charge in [0.1, 0.15) is 0 Å². The molecule has 1 fully saturated rings. The van der Waals surface area contributed by atoms with E-state index in [0.717, 1.165) is 10.6 Å². The topological polar surface area (TPSA) is 69.6 Å². The number of thioether (sulfide) groups is 1. The molecule has 0 radical (unpaired) electrons. The van der Waals surface area contributed by atoms with Gasteiger partial charge in [-0.05, 0) is 31.4 Å². The number of carbonyl (C=O) groups excluding carboxylic acids is 1. The number of nitrogens with zero attached hydrogens (tertiary/aromatic N) is 1. The van der Waals surface area contributed by atoms with Crippen molar-refractivity contribution in [1.82, 2.24) is 4.90 Å². The lowest BCUT2D eigenvalue weighted by Gasteiger charge is -2.15. The number of benzene rings is 1. The molecule has 1 unspecified atom stereocenters. The van der Waals surface area contributed by atoms with Crippen LogP contribution in [0.1, 0.15) is 6.42 Å². The van der Waals surface area contributed by atoms with E-state index in [1.54, 1.807) is 11.8 Å². The first-order valence-electron chi connectivity index (χ1n) is 6.48. The minimum absolute atomic E-state index is 0.0995. The van der Waals surface area contributed by atoms with Gasteiger partial charge in [0.2, 0.25) is 5.91 Å². The average Bonchev–Trinajstić information content (AvgIpc) is 2.88. The highest BCUT2D eigenvalue weighted by atomic mass is 32.2. The molecule has 2 N–H and O–H groups in total. The van der Waals surface area contributed by atoms with Gasteiger partial charge in [-0.25, -0.2) is 0 Å². The molecule has 1 aromatic carbocycles. The van der Waals surface area contributed by atoms with E-state index in [-0.39, 0.29) is 18.4 Å². The van der Waals surface area contributed by atoms with Crippen LogP contribution in [0.15, 0.2) is 29.2 Å². The van der Waals surface area contributed by atoms with E-state index in [2.05, 4.69) is 5.32 Å². The lowest BCUT2D eigenvalue weighted by molar-refractivity contribution is -0.141. The van der Waals surface area contributed by atoms with Gasteiger partial charge in [0.15, 0.2) is 0 Å². The van der Waals surface area contributed by atoms with E-state index in [0.29, 0.717) is 19.5 Å². The van der Waals surface area contributed by atoms with Crippen molar-refractivity contribution in [1.29, 1.82) is 0 Å². The largest absolute Gasteiger partial charge is 0.481 e.